The normalized spacial score (nSPS) is 14.0. The number of aliphatic hydroxyl groups is 2. The summed E-state index contributed by atoms with van der Waals surface area (Å²) in [7, 11) is 3.78. The van der Waals surface area contributed by atoms with Gasteiger partial charge in [0.25, 0.3) is 0 Å². The Balaban J connectivity index is 3.62. The van der Waals surface area contributed by atoms with Crippen molar-refractivity contribution in [2.24, 2.45) is 0 Å². The largest absolute Gasteiger partial charge is 0.382 e. The van der Waals surface area contributed by atoms with Gasteiger partial charge in [0.05, 0.1) is 0 Å². The fourth-order valence-corrected chi connectivity index (χ4v) is 2.65. The first-order valence-corrected chi connectivity index (χ1v) is 8.47. The van der Waals surface area contributed by atoms with Crippen molar-refractivity contribution in [2.45, 2.75) is 24.7 Å². The molecule has 0 aromatic heterocycles. The second-order valence-corrected chi connectivity index (χ2v) is 7.07. The molecular formula is C6H12N2O4S4. The van der Waals surface area contributed by atoms with Crippen molar-refractivity contribution in [1.29, 1.82) is 0 Å². The highest BCUT2D eigenvalue weighted by Crippen LogP contribution is 2.22. The van der Waals surface area contributed by atoms with Gasteiger partial charge in [-0.3, -0.25) is 19.0 Å². The van der Waals surface area contributed by atoms with Crippen LogP contribution in [0.1, 0.15) is 13.8 Å². The summed E-state index contributed by atoms with van der Waals surface area (Å²) in [6, 6.07) is 0. The summed E-state index contributed by atoms with van der Waals surface area (Å²) in [5.41, 5.74) is -1.26. The minimum absolute atomic E-state index is 0.631. The third-order valence-corrected chi connectivity index (χ3v) is 4.89. The quantitative estimate of drug-likeness (QED) is 0.243. The summed E-state index contributed by atoms with van der Waals surface area (Å²) in [5, 5.41) is 17.7. The molecule has 0 fully saturated rings. The summed E-state index contributed by atoms with van der Waals surface area (Å²) in [5.74, 6) is -1.62. The Morgan fingerprint density at radius 3 is 1.50 bits per heavy atom. The molecule has 6 nitrogen and oxygen atoms in total. The van der Waals surface area contributed by atoms with E-state index in [9.17, 15) is 9.59 Å². The van der Waals surface area contributed by atoms with Gasteiger partial charge < -0.3 is 10.2 Å². The van der Waals surface area contributed by atoms with Gasteiger partial charge in [-0.1, -0.05) is 0 Å². The second kappa shape index (κ2) is 9.31. The van der Waals surface area contributed by atoms with E-state index in [-0.39, 0.29) is 0 Å². The first-order chi connectivity index (χ1) is 7.43. The fourth-order valence-electron chi connectivity index (χ4n) is 0.356. The van der Waals surface area contributed by atoms with Crippen LogP contribution in [0.4, 0.5) is 0 Å². The fraction of sp³-hybridized carbons (Fsp3) is 0.667. The zero-order valence-electron chi connectivity index (χ0n) is 8.50. The lowest BCUT2D eigenvalue weighted by Gasteiger charge is -2.06. The topological polar surface area (TPSA) is 98.7 Å². The number of hydrogen-bond donors (Lipinski definition) is 4. The summed E-state index contributed by atoms with van der Waals surface area (Å²) < 4.78 is 4.47. The van der Waals surface area contributed by atoms with E-state index in [4.69, 9.17) is 10.2 Å². The van der Waals surface area contributed by atoms with Gasteiger partial charge in [0, 0.05) is 22.0 Å². The number of hydrogen-bond acceptors (Lipinski definition) is 8. The predicted molar refractivity (Wildman–Crippen MR) is 70.0 cm³/mol. The van der Waals surface area contributed by atoms with E-state index >= 15 is 0 Å². The standard InChI is InChI=1S/C6H12N2O4S4/c1-3(9)13-15-7-5(11)6(12)8-16-14-4(2)10/h3-4,9-10H,1-2H3,(H,7,11)(H,8,12). The maximum atomic E-state index is 11.1. The molecule has 0 saturated carbocycles. The van der Waals surface area contributed by atoms with Crippen molar-refractivity contribution in [2.75, 3.05) is 0 Å². The molecule has 94 valence electrons. The molecule has 0 spiro atoms. The van der Waals surface area contributed by atoms with Gasteiger partial charge in [0.15, 0.2) is 0 Å². The molecule has 2 unspecified atom stereocenters. The van der Waals surface area contributed by atoms with E-state index in [0.29, 0.717) is 0 Å². The smallest absolute Gasteiger partial charge is 0.320 e. The SMILES string of the molecule is CC(O)SSNC(=O)C(=O)NSSC(C)O. The summed E-state index contributed by atoms with van der Waals surface area (Å²) in [4.78, 5) is 22.2. The van der Waals surface area contributed by atoms with Gasteiger partial charge in [-0.25, -0.2) is 0 Å². The van der Waals surface area contributed by atoms with Gasteiger partial charge in [0.1, 0.15) is 10.9 Å². The molecule has 0 aliphatic heterocycles. The average molecular weight is 304 g/mol. The number of carbonyl (C=O) groups is 2. The Labute approximate surface area is 109 Å². The summed E-state index contributed by atoms with van der Waals surface area (Å²) in [6.45, 7) is 3.08. The Kier molecular flexibility index (Phi) is 9.46. The molecule has 0 bridgehead atoms. The molecular weight excluding hydrogens is 292 g/mol. The predicted octanol–water partition coefficient (Wildman–Crippen LogP) is 0.488. The van der Waals surface area contributed by atoms with Crippen LogP contribution in [0.15, 0.2) is 0 Å². The van der Waals surface area contributed by atoms with E-state index in [1.807, 2.05) is 0 Å². The van der Waals surface area contributed by atoms with Crippen molar-refractivity contribution >= 4 is 55.4 Å². The highest BCUT2D eigenvalue weighted by Gasteiger charge is 2.14. The number of aliphatic hydroxyl groups excluding tert-OH is 2. The molecule has 2 amide bonds. The van der Waals surface area contributed by atoms with Crippen LogP contribution in [0.5, 0.6) is 0 Å². The number of carbonyl (C=O) groups excluding carboxylic acids is 2. The number of rotatable bonds is 6. The van der Waals surface area contributed by atoms with Gasteiger partial charge in [0.2, 0.25) is 0 Å². The highest BCUT2D eigenvalue weighted by atomic mass is 33.1. The van der Waals surface area contributed by atoms with Crippen molar-refractivity contribution in [1.82, 2.24) is 9.44 Å². The van der Waals surface area contributed by atoms with E-state index in [1.54, 1.807) is 13.8 Å². The third-order valence-electron chi connectivity index (χ3n) is 0.850. The molecule has 0 aliphatic carbocycles. The van der Waals surface area contributed by atoms with Crippen molar-refractivity contribution in [3.8, 4) is 0 Å². The molecule has 0 aromatic carbocycles. The van der Waals surface area contributed by atoms with E-state index in [1.165, 1.54) is 0 Å². The molecule has 0 radical (unpaired) electrons. The van der Waals surface area contributed by atoms with E-state index in [0.717, 1.165) is 43.5 Å². The van der Waals surface area contributed by atoms with Crippen LogP contribution >= 0.6 is 43.5 Å². The van der Waals surface area contributed by atoms with Crippen LogP contribution in [-0.4, -0.2) is 32.9 Å². The van der Waals surface area contributed by atoms with Gasteiger partial charge in [-0.05, 0) is 35.4 Å². The summed E-state index contributed by atoms with van der Waals surface area (Å²) >= 11 is 0. The van der Waals surface area contributed by atoms with Crippen LogP contribution in [0.3, 0.4) is 0 Å². The molecule has 0 rings (SSSR count). The molecule has 0 heterocycles. The van der Waals surface area contributed by atoms with E-state index < -0.39 is 22.7 Å². The molecule has 0 aliphatic rings. The van der Waals surface area contributed by atoms with Crippen LogP contribution < -0.4 is 9.44 Å². The monoisotopic (exact) mass is 304 g/mol. The lowest BCUT2D eigenvalue weighted by Crippen LogP contribution is -2.33. The maximum absolute atomic E-state index is 11.1. The lowest BCUT2D eigenvalue weighted by molar-refractivity contribution is -0.136. The molecule has 2 atom stereocenters. The zero-order chi connectivity index (χ0) is 12.6. The van der Waals surface area contributed by atoms with Crippen LogP contribution in [0.25, 0.3) is 0 Å². The van der Waals surface area contributed by atoms with Gasteiger partial charge in [-0.15, -0.1) is 0 Å². The Morgan fingerprint density at radius 1 is 0.938 bits per heavy atom. The van der Waals surface area contributed by atoms with Crippen LogP contribution in [0.2, 0.25) is 0 Å². The molecule has 0 aromatic rings. The summed E-state index contributed by atoms with van der Waals surface area (Å²) in [6.07, 6.45) is 0. The Bertz CT molecular complexity index is 215. The van der Waals surface area contributed by atoms with E-state index in [2.05, 4.69) is 9.44 Å². The molecule has 10 heteroatoms. The maximum Gasteiger partial charge on any atom is 0.320 e. The number of amides is 2. The molecule has 0 saturated heterocycles. The zero-order valence-corrected chi connectivity index (χ0v) is 11.8. The highest BCUT2D eigenvalue weighted by molar-refractivity contribution is 8.76. The minimum Gasteiger partial charge on any atom is -0.382 e. The Hall–Kier alpha value is 0.260. The minimum atomic E-state index is -0.808. The first-order valence-electron chi connectivity index (χ1n) is 4.04. The van der Waals surface area contributed by atoms with Gasteiger partial charge >= 0.3 is 11.8 Å². The van der Waals surface area contributed by atoms with Crippen LogP contribution in [0, 0.1) is 0 Å². The second-order valence-electron chi connectivity index (χ2n) is 2.42. The molecule has 16 heavy (non-hydrogen) atoms. The first kappa shape index (κ1) is 16.3. The van der Waals surface area contributed by atoms with Gasteiger partial charge in [-0.2, -0.15) is 0 Å². The molecule has 4 N–H and O–H groups in total. The van der Waals surface area contributed by atoms with Crippen molar-refractivity contribution in [3.63, 3.8) is 0 Å². The Morgan fingerprint density at radius 2 is 1.25 bits per heavy atom. The average Bonchev–Trinajstić information content (AvgIpc) is 2.16. The van der Waals surface area contributed by atoms with Crippen LogP contribution in [-0.2, 0) is 9.59 Å². The number of nitrogens with one attached hydrogen (secondary N) is 2. The third kappa shape index (κ3) is 9.48. The van der Waals surface area contributed by atoms with Crippen molar-refractivity contribution in [3.05, 3.63) is 0 Å². The van der Waals surface area contributed by atoms with Crippen molar-refractivity contribution < 1.29 is 19.8 Å². The lowest BCUT2D eigenvalue weighted by atomic mass is 10.6.